The molecule has 1 unspecified atom stereocenters. The van der Waals surface area contributed by atoms with Gasteiger partial charge in [0.15, 0.2) is 0 Å². The second-order valence-electron chi connectivity index (χ2n) is 3.12. The van der Waals surface area contributed by atoms with Crippen LogP contribution in [0, 0.1) is 5.92 Å². The summed E-state index contributed by atoms with van der Waals surface area (Å²) in [6, 6.07) is 1.81. The first kappa shape index (κ1) is 9.99. The van der Waals surface area contributed by atoms with E-state index >= 15 is 0 Å². The minimum absolute atomic E-state index is 0.00472. The number of ketones is 1. The molecule has 3 nitrogen and oxygen atoms in total. The molecule has 0 aliphatic heterocycles. The molecular formula is C10H15NO2. The van der Waals surface area contributed by atoms with Gasteiger partial charge < -0.3 is 10.2 Å². The van der Waals surface area contributed by atoms with Gasteiger partial charge in [-0.1, -0.05) is 6.92 Å². The summed E-state index contributed by atoms with van der Waals surface area (Å²) in [5, 5.41) is 0. The third-order valence-electron chi connectivity index (χ3n) is 2.19. The van der Waals surface area contributed by atoms with Crippen LogP contribution in [-0.2, 0) is 11.2 Å². The van der Waals surface area contributed by atoms with Gasteiger partial charge in [-0.3, -0.25) is 4.79 Å². The molecule has 3 heteroatoms. The van der Waals surface area contributed by atoms with E-state index in [0.29, 0.717) is 13.0 Å². The Bertz CT molecular complexity index is 250. The van der Waals surface area contributed by atoms with E-state index in [4.69, 9.17) is 10.2 Å². The summed E-state index contributed by atoms with van der Waals surface area (Å²) >= 11 is 0. The number of hydrogen-bond acceptors (Lipinski definition) is 3. The molecule has 0 aromatic carbocycles. The Labute approximate surface area is 77.9 Å². The van der Waals surface area contributed by atoms with E-state index in [1.54, 1.807) is 18.6 Å². The molecule has 0 fully saturated rings. The summed E-state index contributed by atoms with van der Waals surface area (Å²) in [5.74, 6) is 0.196. The lowest BCUT2D eigenvalue weighted by molar-refractivity contribution is -0.122. The lowest BCUT2D eigenvalue weighted by Crippen LogP contribution is -2.24. The van der Waals surface area contributed by atoms with Crippen molar-refractivity contribution in [3.63, 3.8) is 0 Å². The fourth-order valence-electron chi connectivity index (χ4n) is 1.26. The average molecular weight is 181 g/mol. The molecule has 1 aromatic heterocycles. The number of carbonyl (C=O) groups excluding carboxylic acids is 1. The van der Waals surface area contributed by atoms with Gasteiger partial charge in [0.2, 0.25) is 0 Å². The molecule has 1 heterocycles. The highest BCUT2D eigenvalue weighted by Gasteiger charge is 2.14. The second kappa shape index (κ2) is 4.82. The lowest BCUT2D eigenvalue weighted by atomic mass is 9.97. The zero-order chi connectivity index (χ0) is 9.68. The second-order valence-corrected chi connectivity index (χ2v) is 3.12. The fraction of sp³-hybridized carbons (Fsp3) is 0.500. The molecule has 0 radical (unpaired) electrons. The molecule has 0 saturated carbocycles. The summed E-state index contributed by atoms with van der Waals surface area (Å²) in [5.41, 5.74) is 6.40. The van der Waals surface area contributed by atoms with Crippen LogP contribution in [0.4, 0.5) is 0 Å². The molecule has 13 heavy (non-hydrogen) atoms. The van der Waals surface area contributed by atoms with Gasteiger partial charge in [-0.25, -0.2) is 0 Å². The van der Waals surface area contributed by atoms with E-state index in [0.717, 1.165) is 12.0 Å². The maximum Gasteiger partial charge on any atom is 0.141 e. The number of nitrogens with two attached hydrogens (primary N) is 1. The van der Waals surface area contributed by atoms with Crippen LogP contribution in [0.2, 0.25) is 0 Å². The quantitative estimate of drug-likeness (QED) is 0.746. The number of rotatable bonds is 5. The molecule has 0 amide bonds. The molecule has 0 saturated heterocycles. The van der Waals surface area contributed by atoms with Crippen molar-refractivity contribution in [2.24, 2.45) is 11.7 Å². The van der Waals surface area contributed by atoms with E-state index in [2.05, 4.69) is 0 Å². The molecule has 2 N–H and O–H groups in total. The Morgan fingerprint density at radius 3 is 2.92 bits per heavy atom. The van der Waals surface area contributed by atoms with Crippen molar-refractivity contribution in [3.05, 3.63) is 24.2 Å². The van der Waals surface area contributed by atoms with Crippen molar-refractivity contribution in [2.45, 2.75) is 19.8 Å². The van der Waals surface area contributed by atoms with Gasteiger partial charge in [0.05, 0.1) is 12.5 Å². The largest absolute Gasteiger partial charge is 0.472 e. The SMILES string of the molecule is CCC(CN)C(=O)Cc1ccoc1. The minimum Gasteiger partial charge on any atom is -0.472 e. The maximum absolute atomic E-state index is 11.6. The molecule has 1 atom stereocenters. The minimum atomic E-state index is -0.00472. The van der Waals surface area contributed by atoms with Crippen LogP contribution in [0.5, 0.6) is 0 Å². The summed E-state index contributed by atoms with van der Waals surface area (Å²) in [4.78, 5) is 11.6. The van der Waals surface area contributed by atoms with E-state index in [1.807, 2.05) is 6.92 Å². The molecule has 1 aromatic rings. The topological polar surface area (TPSA) is 56.2 Å². The first-order valence-corrected chi connectivity index (χ1v) is 4.51. The van der Waals surface area contributed by atoms with Gasteiger partial charge in [-0.05, 0) is 18.1 Å². The third-order valence-corrected chi connectivity index (χ3v) is 2.19. The van der Waals surface area contributed by atoms with Crippen molar-refractivity contribution in [1.29, 1.82) is 0 Å². The van der Waals surface area contributed by atoms with Crippen molar-refractivity contribution in [2.75, 3.05) is 6.54 Å². The zero-order valence-electron chi connectivity index (χ0n) is 7.82. The van der Waals surface area contributed by atoms with Crippen LogP contribution in [0.3, 0.4) is 0 Å². The van der Waals surface area contributed by atoms with Gasteiger partial charge in [0.25, 0.3) is 0 Å². The molecule has 0 aliphatic rings. The van der Waals surface area contributed by atoms with Crippen LogP contribution in [0.25, 0.3) is 0 Å². The monoisotopic (exact) mass is 181 g/mol. The highest BCUT2D eigenvalue weighted by atomic mass is 16.3. The van der Waals surface area contributed by atoms with E-state index in [-0.39, 0.29) is 11.7 Å². The van der Waals surface area contributed by atoms with Crippen LogP contribution in [0.1, 0.15) is 18.9 Å². The van der Waals surface area contributed by atoms with Crippen molar-refractivity contribution >= 4 is 5.78 Å². The van der Waals surface area contributed by atoms with Crippen LogP contribution < -0.4 is 5.73 Å². The molecule has 0 bridgehead atoms. The Kier molecular flexibility index (Phi) is 3.71. The van der Waals surface area contributed by atoms with Crippen molar-refractivity contribution < 1.29 is 9.21 Å². The van der Waals surface area contributed by atoms with Crippen molar-refractivity contribution in [3.8, 4) is 0 Å². The van der Waals surface area contributed by atoms with Crippen LogP contribution in [-0.4, -0.2) is 12.3 Å². The summed E-state index contributed by atoms with van der Waals surface area (Å²) < 4.78 is 4.88. The number of Topliss-reactive ketones (excluding diaryl/α,β-unsaturated/α-hetero) is 1. The highest BCUT2D eigenvalue weighted by molar-refractivity contribution is 5.83. The first-order valence-electron chi connectivity index (χ1n) is 4.51. The summed E-state index contributed by atoms with van der Waals surface area (Å²) in [6.45, 7) is 2.41. The Hall–Kier alpha value is -1.09. The van der Waals surface area contributed by atoms with Gasteiger partial charge >= 0.3 is 0 Å². The van der Waals surface area contributed by atoms with Gasteiger partial charge in [-0.15, -0.1) is 0 Å². The smallest absolute Gasteiger partial charge is 0.141 e. The lowest BCUT2D eigenvalue weighted by Gasteiger charge is -2.09. The Morgan fingerprint density at radius 1 is 1.69 bits per heavy atom. The van der Waals surface area contributed by atoms with Gasteiger partial charge in [0.1, 0.15) is 5.78 Å². The van der Waals surface area contributed by atoms with Crippen molar-refractivity contribution in [1.82, 2.24) is 0 Å². The normalized spacial score (nSPS) is 12.8. The zero-order valence-corrected chi connectivity index (χ0v) is 7.82. The van der Waals surface area contributed by atoms with E-state index in [9.17, 15) is 4.79 Å². The predicted octanol–water partition coefficient (Wildman–Crippen LogP) is 1.38. The Balaban J connectivity index is 2.49. The average Bonchev–Trinajstić information content (AvgIpc) is 2.59. The van der Waals surface area contributed by atoms with Crippen LogP contribution >= 0.6 is 0 Å². The molecule has 72 valence electrons. The highest BCUT2D eigenvalue weighted by Crippen LogP contribution is 2.08. The first-order chi connectivity index (χ1) is 6.27. The standard InChI is InChI=1S/C10H15NO2/c1-2-9(6-11)10(12)5-8-3-4-13-7-8/h3-4,7,9H,2,5-6,11H2,1H3. The molecule has 0 aliphatic carbocycles. The third kappa shape index (κ3) is 2.70. The number of hydrogen-bond donors (Lipinski definition) is 1. The van der Waals surface area contributed by atoms with E-state index < -0.39 is 0 Å². The summed E-state index contributed by atoms with van der Waals surface area (Å²) in [7, 11) is 0. The maximum atomic E-state index is 11.6. The molecule has 0 spiro atoms. The fourth-order valence-corrected chi connectivity index (χ4v) is 1.26. The van der Waals surface area contributed by atoms with E-state index in [1.165, 1.54) is 0 Å². The Morgan fingerprint density at radius 2 is 2.46 bits per heavy atom. The number of carbonyl (C=O) groups is 1. The molecule has 1 rings (SSSR count). The van der Waals surface area contributed by atoms with Crippen LogP contribution in [0.15, 0.2) is 23.0 Å². The van der Waals surface area contributed by atoms with Gasteiger partial charge in [-0.2, -0.15) is 0 Å². The molecular weight excluding hydrogens is 166 g/mol. The predicted molar refractivity (Wildman–Crippen MR) is 50.3 cm³/mol. The van der Waals surface area contributed by atoms with Gasteiger partial charge in [0, 0.05) is 18.9 Å². The number of furan rings is 1. The summed E-state index contributed by atoms with van der Waals surface area (Å²) in [6.07, 6.45) is 4.42.